The summed E-state index contributed by atoms with van der Waals surface area (Å²) in [4.78, 5) is 31.6. The van der Waals surface area contributed by atoms with Crippen LogP contribution in [0.2, 0.25) is 5.02 Å². The van der Waals surface area contributed by atoms with Crippen molar-refractivity contribution in [3.8, 4) is 16.8 Å². The molecule has 0 fully saturated rings. The summed E-state index contributed by atoms with van der Waals surface area (Å²) in [6, 6.07) is 12.5. The average molecular weight is 552 g/mol. The minimum Gasteiger partial charge on any atom is -0.354 e. The van der Waals surface area contributed by atoms with Crippen LogP contribution < -0.4 is 10.9 Å². The number of nitrogens with zero attached hydrogens (tertiary/aromatic N) is 6. The molecule has 0 saturated carbocycles. The lowest BCUT2D eigenvalue weighted by atomic mass is 10.0. The van der Waals surface area contributed by atoms with Gasteiger partial charge in [0.1, 0.15) is 11.5 Å². The molecule has 0 radical (unpaired) electrons. The molecule has 0 spiro atoms. The van der Waals surface area contributed by atoms with Gasteiger partial charge in [-0.3, -0.25) is 9.59 Å². The van der Waals surface area contributed by atoms with Gasteiger partial charge in [0.05, 0.1) is 16.6 Å². The maximum atomic E-state index is 13.4. The van der Waals surface area contributed by atoms with Crippen LogP contribution in [-0.4, -0.2) is 43.4 Å². The van der Waals surface area contributed by atoms with Crippen LogP contribution in [-0.2, 0) is 6.42 Å². The number of pyridine rings is 1. The van der Waals surface area contributed by atoms with Crippen LogP contribution in [0.3, 0.4) is 0 Å². The third-order valence-corrected chi connectivity index (χ3v) is 8.28. The zero-order chi connectivity index (χ0) is 25.7. The first-order valence-corrected chi connectivity index (χ1v) is 13.1. The largest absolute Gasteiger partial charge is 0.354 e. The Hall–Kier alpha value is -3.60. The van der Waals surface area contributed by atoms with E-state index in [4.69, 9.17) is 23.2 Å². The molecule has 186 valence electrons. The lowest BCUT2D eigenvalue weighted by Crippen LogP contribution is -2.27. The van der Waals surface area contributed by atoms with Crippen LogP contribution >= 0.6 is 34.5 Å². The fourth-order valence-electron chi connectivity index (χ4n) is 4.89. The summed E-state index contributed by atoms with van der Waals surface area (Å²) < 4.78 is 3.35. The Morgan fingerprint density at radius 3 is 2.81 bits per heavy atom. The highest BCUT2D eigenvalue weighted by Gasteiger charge is 2.32. The molecule has 12 heteroatoms. The molecular formula is C25H19Cl2N7O2S. The lowest BCUT2D eigenvalue weighted by Gasteiger charge is -2.16. The first-order valence-electron chi connectivity index (χ1n) is 11.5. The molecule has 9 nitrogen and oxygen atoms in total. The van der Waals surface area contributed by atoms with E-state index in [9.17, 15) is 9.59 Å². The van der Waals surface area contributed by atoms with Gasteiger partial charge in [-0.2, -0.15) is 4.68 Å². The summed E-state index contributed by atoms with van der Waals surface area (Å²) in [5, 5.41) is 15.0. The maximum Gasteiger partial charge on any atom is 0.261 e. The van der Waals surface area contributed by atoms with E-state index in [0.717, 1.165) is 51.5 Å². The van der Waals surface area contributed by atoms with Crippen LogP contribution in [0.25, 0.3) is 22.4 Å². The summed E-state index contributed by atoms with van der Waals surface area (Å²) in [6.45, 7) is 0. The van der Waals surface area contributed by atoms with Gasteiger partial charge in [-0.15, -0.1) is 16.4 Å². The van der Waals surface area contributed by atoms with Gasteiger partial charge in [0, 0.05) is 52.0 Å². The first-order chi connectivity index (χ1) is 17.9. The van der Waals surface area contributed by atoms with Crippen LogP contribution in [0.15, 0.2) is 63.7 Å². The zero-order valence-corrected chi connectivity index (χ0v) is 21.8. The fourth-order valence-corrected chi connectivity index (χ4v) is 6.39. The molecule has 4 aromatic rings. The number of rotatable bonds is 5. The van der Waals surface area contributed by atoms with Crippen molar-refractivity contribution in [3.05, 3.63) is 84.8 Å². The Bertz CT molecular complexity index is 1670. The molecule has 1 atom stereocenters. The van der Waals surface area contributed by atoms with Crippen LogP contribution in [0.1, 0.15) is 39.1 Å². The standard InChI is InChI=1S/C25H19Cl2N7O2S/c1-28-25(36)22-7-6-21(37-22)17-11-18(30-24(17)27)20-5-3-15-8-13(9-23(35)34(15)20)16-10-14(26)2-4-19(16)33-12-29-31-32-33/h2,4,6-10,12,20H,3,5,11H2,1H3,(H,28,36)/t20-/m0/s1. The third kappa shape index (κ3) is 4.20. The number of benzene rings is 1. The van der Waals surface area contributed by atoms with Crippen molar-refractivity contribution in [3.63, 3.8) is 0 Å². The van der Waals surface area contributed by atoms with Gasteiger partial charge in [0.2, 0.25) is 0 Å². The van der Waals surface area contributed by atoms with Crippen molar-refractivity contribution in [1.82, 2.24) is 30.1 Å². The summed E-state index contributed by atoms with van der Waals surface area (Å²) >= 11 is 14.2. The van der Waals surface area contributed by atoms with E-state index in [-0.39, 0.29) is 17.5 Å². The first kappa shape index (κ1) is 23.8. The average Bonchev–Trinajstić information content (AvgIpc) is 3.69. The van der Waals surface area contributed by atoms with Crippen LogP contribution in [0, 0.1) is 0 Å². The van der Waals surface area contributed by atoms with Gasteiger partial charge in [0.25, 0.3) is 11.5 Å². The quantitative estimate of drug-likeness (QED) is 0.367. The number of thiophene rings is 1. The predicted molar refractivity (Wildman–Crippen MR) is 144 cm³/mol. The number of aliphatic imine (C=N–C) groups is 1. The summed E-state index contributed by atoms with van der Waals surface area (Å²) in [5.74, 6) is -0.137. The molecule has 3 aromatic heterocycles. The summed E-state index contributed by atoms with van der Waals surface area (Å²) in [6.07, 6.45) is 3.50. The summed E-state index contributed by atoms with van der Waals surface area (Å²) in [5.41, 5.74) is 4.75. The Balaban J connectivity index is 1.31. The number of carbonyl (C=O) groups excluding carboxylic acids is 1. The van der Waals surface area contributed by atoms with Crippen molar-refractivity contribution in [1.29, 1.82) is 0 Å². The highest BCUT2D eigenvalue weighted by atomic mass is 35.5. The fraction of sp³-hybridized carbons (Fsp3) is 0.200. The third-order valence-electron chi connectivity index (χ3n) is 6.59. The molecule has 2 aliphatic heterocycles. The zero-order valence-electron chi connectivity index (χ0n) is 19.5. The second kappa shape index (κ2) is 9.37. The minimum atomic E-state index is -0.181. The van der Waals surface area contributed by atoms with E-state index in [1.807, 2.05) is 24.3 Å². The van der Waals surface area contributed by atoms with E-state index in [0.29, 0.717) is 21.5 Å². The van der Waals surface area contributed by atoms with Crippen molar-refractivity contribution in [2.75, 3.05) is 7.05 Å². The van der Waals surface area contributed by atoms with Crippen LogP contribution in [0.4, 0.5) is 0 Å². The van der Waals surface area contributed by atoms with Crippen molar-refractivity contribution in [2.24, 2.45) is 4.99 Å². The van der Waals surface area contributed by atoms with Gasteiger partial charge < -0.3 is 9.88 Å². The number of tetrazole rings is 1. The molecule has 5 heterocycles. The molecule has 0 aliphatic carbocycles. The van der Waals surface area contributed by atoms with Crippen molar-refractivity contribution < 1.29 is 4.79 Å². The normalized spacial score (nSPS) is 16.7. The molecule has 0 bridgehead atoms. The number of aromatic nitrogens is 5. The van der Waals surface area contributed by atoms with E-state index in [1.54, 1.807) is 34.5 Å². The highest BCUT2D eigenvalue weighted by Crippen LogP contribution is 2.40. The minimum absolute atomic E-state index is 0.122. The number of hydrogen-bond acceptors (Lipinski definition) is 7. The number of fused-ring (bicyclic) bond motifs is 1. The molecule has 37 heavy (non-hydrogen) atoms. The Morgan fingerprint density at radius 1 is 1.16 bits per heavy atom. The lowest BCUT2D eigenvalue weighted by molar-refractivity contribution is 0.0967. The Kier molecular flexibility index (Phi) is 6.02. The molecule has 1 N–H and O–H groups in total. The SMILES string of the molecule is CNC(=O)c1ccc(C2=C(Cl)N=C([C@@H]3CCc4cc(-c5cc(Cl)ccc5-n5cnnn5)cc(=O)n43)C2)s1. The number of halogens is 2. The van der Waals surface area contributed by atoms with E-state index < -0.39 is 0 Å². The second-order valence-electron chi connectivity index (χ2n) is 8.71. The van der Waals surface area contributed by atoms with Crippen LogP contribution in [0.5, 0.6) is 0 Å². The second-order valence-corrected chi connectivity index (χ2v) is 10.6. The summed E-state index contributed by atoms with van der Waals surface area (Å²) in [7, 11) is 1.60. The predicted octanol–water partition coefficient (Wildman–Crippen LogP) is 4.51. The van der Waals surface area contributed by atoms with E-state index in [2.05, 4.69) is 25.8 Å². The van der Waals surface area contributed by atoms with E-state index in [1.165, 1.54) is 17.7 Å². The molecule has 0 saturated heterocycles. The highest BCUT2D eigenvalue weighted by molar-refractivity contribution is 7.15. The molecule has 1 amide bonds. The molecule has 1 aromatic carbocycles. The number of allylic oxidation sites excluding steroid dienone is 1. The maximum absolute atomic E-state index is 13.4. The topological polar surface area (TPSA) is 107 Å². The van der Waals surface area contributed by atoms with Crippen molar-refractivity contribution in [2.45, 2.75) is 25.3 Å². The monoisotopic (exact) mass is 551 g/mol. The van der Waals surface area contributed by atoms with Gasteiger partial charge in [-0.05, 0) is 65.2 Å². The smallest absolute Gasteiger partial charge is 0.261 e. The number of carbonyl (C=O) groups is 1. The molecule has 6 rings (SSSR count). The Labute approximate surface area is 225 Å². The van der Waals surface area contributed by atoms with Gasteiger partial charge in [0.15, 0.2) is 0 Å². The number of nitrogens with one attached hydrogen (secondary N) is 1. The molecular weight excluding hydrogens is 533 g/mol. The molecule has 0 unspecified atom stereocenters. The van der Waals surface area contributed by atoms with E-state index >= 15 is 0 Å². The van der Waals surface area contributed by atoms with Gasteiger partial charge in [-0.25, -0.2) is 4.99 Å². The number of aryl methyl sites for hydroxylation is 1. The van der Waals surface area contributed by atoms with Gasteiger partial charge in [-0.1, -0.05) is 23.2 Å². The van der Waals surface area contributed by atoms with Crippen molar-refractivity contribution >= 4 is 51.7 Å². The van der Waals surface area contributed by atoms with Gasteiger partial charge >= 0.3 is 0 Å². The Morgan fingerprint density at radius 2 is 2.03 bits per heavy atom. The number of hydrogen-bond donors (Lipinski definition) is 1. The number of amides is 1. The molecule has 2 aliphatic rings.